The van der Waals surface area contributed by atoms with Gasteiger partial charge in [-0.05, 0) is 86.9 Å². The SMILES string of the molecule is C/C=C/COc1cc(C)c(OCCCc2cccc(/C(CCCC)=N/OC)c2)c(C)c1. The Morgan fingerprint density at radius 1 is 1.03 bits per heavy atom. The molecule has 0 N–H and O–H groups in total. The summed E-state index contributed by atoms with van der Waals surface area (Å²) in [6.45, 7) is 9.59. The van der Waals surface area contributed by atoms with E-state index in [-0.39, 0.29) is 0 Å². The van der Waals surface area contributed by atoms with Gasteiger partial charge in [0.05, 0.1) is 12.3 Å². The Hall–Kier alpha value is -2.75. The van der Waals surface area contributed by atoms with E-state index in [0.29, 0.717) is 13.2 Å². The van der Waals surface area contributed by atoms with Crippen LogP contribution in [0.2, 0.25) is 0 Å². The summed E-state index contributed by atoms with van der Waals surface area (Å²) in [6.07, 6.45) is 9.09. The average molecular weight is 424 g/mol. The largest absolute Gasteiger partial charge is 0.493 e. The van der Waals surface area contributed by atoms with Crippen LogP contribution < -0.4 is 9.47 Å². The zero-order valence-corrected chi connectivity index (χ0v) is 19.7. The van der Waals surface area contributed by atoms with Crippen molar-refractivity contribution in [3.63, 3.8) is 0 Å². The van der Waals surface area contributed by atoms with Gasteiger partial charge in [-0.15, -0.1) is 0 Å². The molecule has 0 aromatic heterocycles. The predicted molar refractivity (Wildman–Crippen MR) is 130 cm³/mol. The third-order valence-electron chi connectivity index (χ3n) is 5.10. The average Bonchev–Trinajstić information content (AvgIpc) is 2.76. The molecular formula is C27H37NO3. The minimum Gasteiger partial charge on any atom is -0.493 e. The zero-order chi connectivity index (χ0) is 22.5. The second-order valence-electron chi connectivity index (χ2n) is 7.74. The summed E-state index contributed by atoms with van der Waals surface area (Å²) in [7, 11) is 1.61. The van der Waals surface area contributed by atoms with Crippen LogP contribution in [0.3, 0.4) is 0 Å². The lowest BCUT2D eigenvalue weighted by Crippen LogP contribution is -2.05. The molecule has 0 atom stereocenters. The third-order valence-corrected chi connectivity index (χ3v) is 5.10. The quantitative estimate of drug-likeness (QED) is 0.154. The molecule has 2 aromatic carbocycles. The summed E-state index contributed by atoms with van der Waals surface area (Å²) in [5.74, 6) is 1.84. The monoisotopic (exact) mass is 423 g/mol. The highest BCUT2D eigenvalue weighted by molar-refractivity contribution is 6.00. The summed E-state index contributed by atoms with van der Waals surface area (Å²) in [6, 6.07) is 12.7. The number of benzene rings is 2. The van der Waals surface area contributed by atoms with Gasteiger partial charge in [0.1, 0.15) is 25.2 Å². The van der Waals surface area contributed by atoms with Gasteiger partial charge in [0.2, 0.25) is 0 Å². The van der Waals surface area contributed by atoms with E-state index >= 15 is 0 Å². The molecule has 0 amide bonds. The first kappa shape index (κ1) is 24.5. The highest BCUT2D eigenvalue weighted by Crippen LogP contribution is 2.28. The zero-order valence-electron chi connectivity index (χ0n) is 19.7. The second kappa shape index (κ2) is 13.5. The van der Waals surface area contributed by atoms with Gasteiger partial charge >= 0.3 is 0 Å². The van der Waals surface area contributed by atoms with Crippen LogP contribution >= 0.6 is 0 Å². The van der Waals surface area contributed by atoms with E-state index in [0.717, 1.165) is 66.0 Å². The molecule has 0 spiro atoms. The maximum absolute atomic E-state index is 6.13. The number of oxime groups is 1. The van der Waals surface area contributed by atoms with Crippen LogP contribution in [-0.4, -0.2) is 26.0 Å². The second-order valence-corrected chi connectivity index (χ2v) is 7.74. The summed E-state index contributed by atoms with van der Waals surface area (Å²) in [5, 5.41) is 4.24. The molecule has 0 saturated carbocycles. The maximum atomic E-state index is 6.13. The van der Waals surface area contributed by atoms with E-state index in [1.807, 2.05) is 31.2 Å². The molecule has 4 nitrogen and oxygen atoms in total. The number of hydrogen-bond donors (Lipinski definition) is 0. The van der Waals surface area contributed by atoms with E-state index in [2.05, 4.69) is 50.2 Å². The van der Waals surface area contributed by atoms with Crippen LogP contribution in [-0.2, 0) is 11.3 Å². The van der Waals surface area contributed by atoms with Gasteiger partial charge in [-0.25, -0.2) is 0 Å². The standard InChI is InChI=1S/C27H37NO3/c1-6-8-15-26(28-29-5)24-14-10-12-23(20-24)13-11-17-31-27-21(3)18-25(19-22(27)4)30-16-9-7-2/h7,9-10,12,14,18-20H,6,8,11,13,15-17H2,1-5H3/b9-7+,28-26+. The Morgan fingerprint density at radius 2 is 1.81 bits per heavy atom. The Labute approximate surface area is 187 Å². The maximum Gasteiger partial charge on any atom is 0.125 e. The van der Waals surface area contributed by atoms with Gasteiger partial charge in [0.15, 0.2) is 0 Å². The highest BCUT2D eigenvalue weighted by Gasteiger charge is 2.08. The van der Waals surface area contributed by atoms with E-state index in [9.17, 15) is 0 Å². The molecule has 2 aromatic rings. The lowest BCUT2D eigenvalue weighted by atomic mass is 10.0. The Kier molecular flexibility index (Phi) is 10.7. The Morgan fingerprint density at radius 3 is 2.48 bits per heavy atom. The van der Waals surface area contributed by atoms with Crippen molar-refractivity contribution < 1.29 is 14.3 Å². The van der Waals surface area contributed by atoms with Crippen molar-refractivity contribution in [3.8, 4) is 11.5 Å². The molecule has 0 fully saturated rings. The number of rotatable bonds is 13. The number of ether oxygens (including phenoxy) is 2. The Bertz CT molecular complexity index is 848. The molecule has 0 aliphatic heterocycles. The molecule has 168 valence electrons. The molecule has 0 bridgehead atoms. The summed E-state index contributed by atoms with van der Waals surface area (Å²) in [5.41, 5.74) is 5.67. The smallest absolute Gasteiger partial charge is 0.125 e. The molecule has 0 aliphatic rings. The van der Waals surface area contributed by atoms with Crippen LogP contribution in [0.4, 0.5) is 0 Å². The first-order chi connectivity index (χ1) is 15.1. The lowest BCUT2D eigenvalue weighted by Gasteiger charge is -2.14. The van der Waals surface area contributed by atoms with Gasteiger partial charge in [-0.3, -0.25) is 0 Å². The molecule has 0 saturated heterocycles. The number of nitrogens with zero attached hydrogens (tertiary/aromatic N) is 1. The van der Waals surface area contributed by atoms with Crippen LogP contribution in [0.5, 0.6) is 11.5 Å². The molecule has 4 heteroatoms. The van der Waals surface area contributed by atoms with Crippen LogP contribution in [0, 0.1) is 13.8 Å². The van der Waals surface area contributed by atoms with Gasteiger partial charge in [0, 0.05) is 0 Å². The fourth-order valence-corrected chi connectivity index (χ4v) is 3.52. The highest BCUT2D eigenvalue weighted by atomic mass is 16.6. The van der Waals surface area contributed by atoms with Crippen LogP contribution in [0.15, 0.2) is 53.7 Å². The lowest BCUT2D eigenvalue weighted by molar-refractivity contribution is 0.212. The fraction of sp³-hybridized carbons (Fsp3) is 0.444. The van der Waals surface area contributed by atoms with E-state index < -0.39 is 0 Å². The van der Waals surface area contributed by atoms with Crippen molar-refractivity contribution in [1.29, 1.82) is 0 Å². The van der Waals surface area contributed by atoms with Crippen molar-refractivity contribution in [2.45, 2.75) is 59.8 Å². The van der Waals surface area contributed by atoms with E-state index in [1.165, 1.54) is 5.56 Å². The normalized spacial score (nSPS) is 11.7. The first-order valence-corrected chi connectivity index (χ1v) is 11.3. The molecule has 0 radical (unpaired) electrons. The van der Waals surface area contributed by atoms with Crippen molar-refractivity contribution in [2.75, 3.05) is 20.3 Å². The van der Waals surface area contributed by atoms with Crippen molar-refractivity contribution >= 4 is 5.71 Å². The summed E-state index contributed by atoms with van der Waals surface area (Å²) in [4.78, 5) is 5.06. The predicted octanol–water partition coefficient (Wildman–Crippen LogP) is 6.81. The minimum atomic E-state index is 0.587. The summed E-state index contributed by atoms with van der Waals surface area (Å²) >= 11 is 0. The van der Waals surface area contributed by atoms with E-state index in [4.69, 9.17) is 14.3 Å². The number of aryl methyl sites for hydroxylation is 3. The minimum absolute atomic E-state index is 0.587. The van der Waals surface area contributed by atoms with Gasteiger partial charge < -0.3 is 14.3 Å². The molecule has 0 heterocycles. The van der Waals surface area contributed by atoms with Crippen LogP contribution in [0.25, 0.3) is 0 Å². The van der Waals surface area contributed by atoms with Gasteiger partial charge in [-0.2, -0.15) is 0 Å². The molecule has 31 heavy (non-hydrogen) atoms. The fourth-order valence-electron chi connectivity index (χ4n) is 3.52. The van der Waals surface area contributed by atoms with E-state index in [1.54, 1.807) is 7.11 Å². The first-order valence-electron chi connectivity index (χ1n) is 11.3. The third kappa shape index (κ3) is 8.12. The summed E-state index contributed by atoms with van der Waals surface area (Å²) < 4.78 is 11.9. The molecular weight excluding hydrogens is 386 g/mol. The Balaban J connectivity index is 1.92. The number of unbranched alkanes of at least 4 members (excludes halogenated alkanes) is 1. The molecule has 0 unspecified atom stereocenters. The van der Waals surface area contributed by atoms with Gasteiger partial charge in [-0.1, -0.05) is 48.9 Å². The number of hydrogen-bond acceptors (Lipinski definition) is 4. The molecule has 0 aliphatic carbocycles. The van der Waals surface area contributed by atoms with Crippen molar-refractivity contribution in [3.05, 3.63) is 70.8 Å². The van der Waals surface area contributed by atoms with Crippen molar-refractivity contribution in [2.24, 2.45) is 5.16 Å². The molecule has 2 rings (SSSR count). The van der Waals surface area contributed by atoms with Crippen LogP contribution in [0.1, 0.15) is 61.8 Å². The van der Waals surface area contributed by atoms with Gasteiger partial charge in [0.25, 0.3) is 0 Å². The topological polar surface area (TPSA) is 40.0 Å². The van der Waals surface area contributed by atoms with Crippen molar-refractivity contribution in [1.82, 2.24) is 0 Å². The number of allylic oxidation sites excluding steroid dienone is 1.